The van der Waals surface area contributed by atoms with Gasteiger partial charge in [-0.25, -0.2) is 0 Å². The molecule has 4 nitrogen and oxygen atoms in total. The Hall–Kier alpha value is -1.07. The Labute approximate surface area is 112 Å². The van der Waals surface area contributed by atoms with Crippen molar-refractivity contribution in [2.75, 3.05) is 11.5 Å². The average molecular weight is 268 g/mol. The van der Waals surface area contributed by atoms with Crippen molar-refractivity contribution in [3.8, 4) is 0 Å². The van der Waals surface area contributed by atoms with Crippen LogP contribution in [0.4, 0.5) is 5.69 Å². The zero-order chi connectivity index (χ0) is 13.5. The molecule has 1 aromatic carbocycles. The van der Waals surface area contributed by atoms with Crippen LogP contribution in [0, 0.1) is 10.1 Å². The molecular formula is C13H20N2O2S. The van der Waals surface area contributed by atoms with Crippen molar-refractivity contribution in [1.29, 1.82) is 0 Å². The second-order valence-corrected chi connectivity index (χ2v) is 5.62. The highest BCUT2D eigenvalue weighted by Crippen LogP contribution is 2.18. The van der Waals surface area contributed by atoms with E-state index in [0.717, 1.165) is 17.1 Å². The number of hydrogen-bond donors (Lipinski definition) is 1. The van der Waals surface area contributed by atoms with E-state index in [2.05, 4.69) is 26.1 Å². The lowest BCUT2D eigenvalue weighted by molar-refractivity contribution is -0.384. The normalized spacial score (nSPS) is 14.2. The average Bonchev–Trinajstić information content (AvgIpc) is 2.36. The van der Waals surface area contributed by atoms with Gasteiger partial charge in [-0.3, -0.25) is 10.1 Å². The van der Waals surface area contributed by atoms with E-state index >= 15 is 0 Å². The number of benzene rings is 1. The maximum atomic E-state index is 10.6. The van der Waals surface area contributed by atoms with Crippen LogP contribution in [-0.2, 0) is 0 Å². The van der Waals surface area contributed by atoms with Gasteiger partial charge in [0.05, 0.1) is 4.92 Å². The molecule has 100 valence electrons. The van der Waals surface area contributed by atoms with E-state index in [4.69, 9.17) is 0 Å². The Morgan fingerprint density at radius 1 is 1.33 bits per heavy atom. The Morgan fingerprint density at radius 3 is 2.44 bits per heavy atom. The molecule has 0 aliphatic rings. The highest BCUT2D eigenvalue weighted by molar-refractivity contribution is 7.99. The standard InChI is InChI=1S/C13H20N2O2S/c1-4-18-9-10(2)14-11(3)12-5-7-13(8-6-12)15(16)17/h5-8,10-11,14H,4,9H2,1-3H3. The zero-order valence-corrected chi connectivity index (χ0v) is 11.9. The van der Waals surface area contributed by atoms with Gasteiger partial charge in [-0.1, -0.05) is 19.1 Å². The largest absolute Gasteiger partial charge is 0.307 e. The minimum absolute atomic E-state index is 0.139. The molecular weight excluding hydrogens is 248 g/mol. The third-order valence-electron chi connectivity index (χ3n) is 2.71. The number of nitro benzene ring substituents is 1. The monoisotopic (exact) mass is 268 g/mol. The highest BCUT2D eigenvalue weighted by Gasteiger charge is 2.11. The van der Waals surface area contributed by atoms with E-state index in [1.54, 1.807) is 12.1 Å². The Balaban J connectivity index is 2.55. The van der Waals surface area contributed by atoms with Crippen LogP contribution in [0.5, 0.6) is 0 Å². The summed E-state index contributed by atoms with van der Waals surface area (Å²) in [6.07, 6.45) is 0. The van der Waals surface area contributed by atoms with Crippen molar-refractivity contribution in [3.05, 3.63) is 39.9 Å². The summed E-state index contributed by atoms with van der Waals surface area (Å²) in [7, 11) is 0. The molecule has 5 heteroatoms. The molecule has 0 aliphatic heterocycles. The molecule has 2 unspecified atom stereocenters. The SMILES string of the molecule is CCSCC(C)NC(C)c1ccc([N+](=O)[O-])cc1. The zero-order valence-electron chi connectivity index (χ0n) is 11.1. The third-order valence-corrected chi connectivity index (χ3v) is 3.85. The highest BCUT2D eigenvalue weighted by atomic mass is 32.2. The number of rotatable bonds is 7. The molecule has 0 aromatic heterocycles. The number of thioether (sulfide) groups is 1. The molecule has 0 spiro atoms. The number of nitro groups is 1. The van der Waals surface area contributed by atoms with Gasteiger partial charge < -0.3 is 5.32 Å². The van der Waals surface area contributed by atoms with Gasteiger partial charge in [-0.15, -0.1) is 0 Å². The van der Waals surface area contributed by atoms with Crippen molar-refractivity contribution in [2.24, 2.45) is 0 Å². The molecule has 0 aliphatic carbocycles. The van der Waals surface area contributed by atoms with Crippen molar-refractivity contribution in [3.63, 3.8) is 0 Å². The molecule has 0 bridgehead atoms. The lowest BCUT2D eigenvalue weighted by Gasteiger charge is -2.19. The molecule has 0 heterocycles. The molecule has 2 atom stereocenters. The predicted molar refractivity (Wildman–Crippen MR) is 77.1 cm³/mol. The van der Waals surface area contributed by atoms with Crippen LogP contribution >= 0.6 is 11.8 Å². The van der Waals surface area contributed by atoms with Gasteiger partial charge in [-0.2, -0.15) is 11.8 Å². The first-order chi connectivity index (χ1) is 8.54. The van der Waals surface area contributed by atoms with Crippen LogP contribution in [0.15, 0.2) is 24.3 Å². The van der Waals surface area contributed by atoms with Gasteiger partial charge in [0.15, 0.2) is 0 Å². The van der Waals surface area contributed by atoms with E-state index in [1.165, 1.54) is 0 Å². The van der Waals surface area contributed by atoms with Gasteiger partial charge >= 0.3 is 0 Å². The van der Waals surface area contributed by atoms with Gasteiger partial charge in [-0.05, 0) is 25.2 Å². The summed E-state index contributed by atoms with van der Waals surface area (Å²) in [6, 6.07) is 7.38. The quantitative estimate of drug-likeness (QED) is 0.608. The number of non-ortho nitro benzene ring substituents is 1. The molecule has 0 radical (unpaired) electrons. The van der Waals surface area contributed by atoms with E-state index in [0.29, 0.717) is 6.04 Å². The summed E-state index contributed by atoms with van der Waals surface area (Å²) in [5, 5.41) is 14.1. The van der Waals surface area contributed by atoms with Crippen LogP contribution < -0.4 is 5.32 Å². The fourth-order valence-corrected chi connectivity index (χ4v) is 2.44. The second kappa shape index (κ2) is 7.38. The molecule has 1 N–H and O–H groups in total. The summed E-state index contributed by atoms with van der Waals surface area (Å²) in [5.41, 5.74) is 1.22. The molecule has 0 amide bonds. The summed E-state index contributed by atoms with van der Waals surface area (Å²) < 4.78 is 0. The Bertz CT molecular complexity index is 381. The van der Waals surface area contributed by atoms with Gasteiger partial charge in [0, 0.05) is 30.0 Å². The van der Waals surface area contributed by atoms with Gasteiger partial charge in [0.2, 0.25) is 0 Å². The van der Waals surface area contributed by atoms with Gasteiger partial charge in [0.25, 0.3) is 5.69 Å². The first-order valence-electron chi connectivity index (χ1n) is 6.12. The van der Waals surface area contributed by atoms with Crippen LogP contribution in [0.1, 0.15) is 32.4 Å². The van der Waals surface area contributed by atoms with E-state index < -0.39 is 0 Å². The fourth-order valence-electron chi connectivity index (χ4n) is 1.75. The predicted octanol–water partition coefficient (Wildman–Crippen LogP) is 3.39. The lowest BCUT2D eigenvalue weighted by Crippen LogP contribution is -2.30. The fraction of sp³-hybridized carbons (Fsp3) is 0.538. The van der Waals surface area contributed by atoms with Crippen LogP contribution in [0.3, 0.4) is 0 Å². The van der Waals surface area contributed by atoms with E-state index in [-0.39, 0.29) is 16.7 Å². The smallest absolute Gasteiger partial charge is 0.269 e. The first-order valence-corrected chi connectivity index (χ1v) is 7.28. The Kier molecular flexibility index (Phi) is 6.15. The van der Waals surface area contributed by atoms with Crippen LogP contribution in [-0.4, -0.2) is 22.5 Å². The minimum Gasteiger partial charge on any atom is -0.307 e. The topological polar surface area (TPSA) is 55.2 Å². The lowest BCUT2D eigenvalue weighted by atomic mass is 10.1. The molecule has 18 heavy (non-hydrogen) atoms. The number of nitrogens with one attached hydrogen (secondary N) is 1. The van der Waals surface area contributed by atoms with Crippen molar-refractivity contribution in [1.82, 2.24) is 5.32 Å². The molecule has 0 saturated carbocycles. The summed E-state index contributed by atoms with van der Waals surface area (Å²) >= 11 is 1.91. The van der Waals surface area contributed by atoms with Crippen LogP contribution in [0.25, 0.3) is 0 Å². The Morgan fingerprint density at radius 2 is 1.94 bits per heavy atom. The van der Waals surface area contributed by atoms with Gasteiger partial charge in [0.1, 0.15) is 0 Å². The molecule has 1 rings (SSSR count). The third kappa shape index (κ3) is 4.66. The number of nitrogens with zero attached hydrogens (tertiary/aromatic N) is 1. The molecule has 0 fully saturated rings. The van der Waals surface area contributed by atoms with Crippen molar-refractivity contribution >= 4 is 17.4 Å². The van der Waals surface area contributed by atoms with E-state index in [9.17, 15) is 10.1 Å². The first kappa shape index (κ1) is 15.0. The summed E-state index contributed by atoms with van der Waals surface area (Å²) in [6.45, 7) is 6.38. The van der Waals surface area contributed by atoms with E-state index in [1.807, 2.05) is 23.9 Å². The second-order valence-electron chi connectivity index (χ2n) is 4.30. The summed E-state index contributed by atoms with van der Waals surface area (Å²) in [4.78, 5) is 10.2. The maximum Gasteiger partial charge on any atom is 0.269 e. The molecule has 0 saturated heterocycles. The summed E-state index contributed by atoms with van der Waals surface area (Å²) in [5.74, 6) is 2.20. The van der Waals surface area contributed by atoms with Crippen molar-refractivity contribution in [2.45, 2.75) is 32.9 Å². The minimum atomic E-state index is -0.373. The molecule has 1 aromatic rings. The maximum absolute atomic E-state index is 10.6. The number of hydrogen-bond acceptors (Lipinski definition) is 4. The van der Waals surface area contributed by atoms with Crippen LogP contribution in [0.2, 0.25) is 0 Å². The van der Waals surface area contributed by atoms with Crippen molar-refractivity contribution < 1.29 is 4.92 Å².